The number of benzene rings is 1. The Labute approximate surface area is 120 Å². The van der Waals surface area contributed by atoms with Gasteiger partial charge in [0.15, 0.2) is 5.69 Å². The molecule has 0 bridgehead atoms. The highest BCUT2D eigenvalue weighted by atomic mass is 32.2. The first-order chi connectivity index (χ1) is 9.75. The molecule has 20 heavy (non-hydrogen) atoms. The molecule has 0 radical (unpaired) electrons. The van der Waals surface area contributed by atoms with E-state index in [1.165, 1.54) is 5.75 Å². The third-order valence-electron chi connectivity index (χ3n) is 3.49. The van der Waals surface area contributed by atoms with Crippen molar-refractivity contribution in [2.24, 2.45) is 5.92 Å². The number of aromatic amines is 1. The number of aromatic nitrogens is 2. The van der Waals surface area contributed by atoms with Crippen molar-refractivity contribution in [2.45, 2.75) is 6.42 Å². The zero-order valence-electron chi connectivity index (χ0n) is 10.9. The van der Waals surface area contributed by atoms with Gasteiger partial charge in [-0.2, -0.15) is 16.9 Å². The fraction of sp³-hybridized carbons (Fsp3) is 0.357. The third kappa shape index (κ3) is 2.56. The smallest absolute Gasteiger partial charge is 0.272 e. The van der Waals surface area contributed by atoms with Crippen LogP contribution in [-0.2, 0) is 0 Å². The number of carbonyl (C=O) groups excluding carboxylic acids is 1. The Bertz CT molecular complexity index is 692. The lowest BCUT2D eigenvalue weighted by Gasteiger charge is -2.10. The van der Waals surface area contributed by atoms with E-state index >= 15 is 0 Å². The number of nitrogens with one attached hydrogen (secondary N) is 2. The summed E-state index contributed by atoms with van der Waals surface area (Å²) in [6.45, 7) is 0.668. The van der Waals surface area contributed by atoms with Crippen LogP contribution in [0.15, 0.2) is 29.1 Å². The summed E-state index contributed by atoms with van der Waals surface area (Å²) in [5, 5.41) is 10.3. The van der Waals surface area contributed by atoms with Crippen LogP contribution in [-0.4, -0.2) is 34.2 Å². The van der Waals surface area contributed by atoms with Crippen LogP contribution in [0.5, 0.6) is 0 Å². The van der Waals surface area contributed by atoms with Gasteiger partial charge in [-0.15, -0.1) is 0 Å². The van der Waals surface area contributed by atoms with Gasteiger partial charge in [-0.25, -0.2) is 5.10 Å². The predicted octanol–water partition coefficient (Wildman–Crippen LogP) is 1.41. The van der Waals surface area contributed by atoms with Crippen LogP contribution in [0.3, 0.4) is 0 Å². The first-order valence-corrected chi connectivity index (χ1v) is 7.74. The lowest BCUT2D eigenvalue weighted by molar-refractivity contribution is 0.0944. The van der Waals surface area contributed by atoms with E-state index in [1.807, 2.05) is 11.8 Å². The molecule has 1 aliphatic heterocycles. The lowest BCUT2D eigenvalue weighted by Crippen LogP contribution is -2.31. The maximum Gasteiger partial charge on any atom is 0.272 e. The van der Waals surface area contributed by atoms with Crippen LogP contribution in [0, 0.1) is 5.92 Å². The standard InChI is InChI=1S/C14H15N3O2S/c18-13-11-4-2-1-3-10(11)12(16-17-13)14(19)15-7-9-5-6-20-8-9/h1-4,9H,5-8H2,(H,15,19)(H,17,18). The monoisotopic (exact) mass is 289 g/mol. The summed E-state index contributed by atoms with van der Waals surface area (Å²) in [5.74, 6) is 2.58. The Morgan fingerprint density at radius 1 is 1.40 bits per heavy atom. The Hall–Kier alpha value is -1.82. The largest absolute Gasteiger partial charge is 0.350 e. The predicted molar refractivity (Wildman–Crippen MR) is 80.1 cm³/mol. The maximum atomic E-state index is 12.2. The summed E-state index contributed by atoms with van der Waals surface area (Å²) >= 11 is 1.92. The van der Waals surface area contributed by atoms with Crippen LogP contribution in [0.4, 0.5) is 0 Å². The number of hydrogen-bond donors (Lipinski definition) is 2. The number of carbonyl (C=O) groups is 1. The van der Waals surface area contributed by atoms with Gasteiger partial charge in [0.2, 0.25) is 0 Å². The SMILES string of the molecule is O=C(NCC1CCSC1)c1n[nH]c(=O)c2ccccc12. The van der Waals surface area contributed by atoms with E-state index in [9.17, 15) is 9.59 Å². The van der Waals surface area contributed by atoms with Gasteiger partial charge in [-0.3, -0.25) is 9.59 Å². The summed E-state index contributed by atoms with van der Waals surface area (Å²) in [6.07, 6.45) is 1.14. The highest BCUT2D eigenvalue weighted by molar-refractivity contribution is 7.99. The van der Waals surface area contributed by atoms with E-state index in [-0.39, 0.29) is 17.2 Å². The van der Waals surface area contributed by atoms with Crippen molar-refractivity contribution in [2.75, 3.05) is 18.1 Å². The van der Waals surface area contributed by atoms with E-state index < -0.39 is 0 Å². The van der Waals surface area contributed by atoms with Crippen LogP contribution in [0.25, 0.3) is 10.8 Å². The Balaban J connectivity index is 1.84. The Morgan fingerprint density at radius 2 is 2.20 bits per heavy atom. The number of H-pyrrole nitrogens is 1. The summed E-state index contributed by atoms with van der Waals surface area (Å²) in [4.78, 5) is 23.9. The van der Waals surface area contributed by atoms with Crippen molar-refractivity contribution in [1.82, 2.24) is 15.5 Å². The zero-order valence-corrected chi connectivity index (χ0v) is 11.7. The van der Waals surface area contributed by atoms with Gasteiger partial charge >= 0.3 is 0 Å². The highest BCUT2D eigenvalue weighted by Crippen LogP contribution is 2.22. The molecule has 1 saturated heterocycles. The lowest BCUT2D eigenvalue weighted by atomic mass is 10.1. The average molecular weight is 289 g/mol. The number of hydrogen-bond acceptors (Lipinski definition) is 4. The summed E-state index contributed by atoms with van der Waals surface area (Å²) in [6, 6.07) is 7.01. The highest BCUT2D eigenvalue weighted by Gasteiger charge is 2.18. The molecule has 1 amide bonds. The molecule has 6 heteroatoms. The van der Waals surface area contributed by atoms with Crippen molar-refractivity contribution >= 4 is 28.4 Å². The fourth-order valence-electron chi connectivity index (χ4n) is 2.35. The quantitative estimate of drug-likeness (QED) is 0.896. The summed E-state index contributed by atoms with van der Waals surface area (Å²) in [5.41, 5.74) is 0.00944. The molecule has 3 rings (SSSR count). The minimum absolute atomic E-state index is 0.227. The number of rotatable bonds is 3. The summed E-state index contributed by atoms with van der Waals surface area (Å²) < 4.78 is 0. The Kier molecular flexibility index (Phi) is 3.73. The molecule has 2 heterocycles. The molecule has 0 aliphatic carbocycles. The first-order valence-electron chi connectivity index (χ1n) is 6.59. The van der Waals surface area contributed by atoms with Crippen LogP contribution < -0.4 is 10.9 Å². The molecule has 2 N–H and O–H groups in total. The molecular formula is C14H15N3O2S. The maximum absolute atomic E-state index is 12.2. The van der Waals surface area contributed by atoms with E-state index in [4.69, 9.17) is 0 Å². The van der Waals surface area contributed by atoms with Gasteiger partial charge in [0.05, 0.1) is 5.39 Å². The summed E-state index contributed by atoms with van der Waals surface area (Å²) in [7, 11) is 0. The molecule has 0 spiro atoms. The van der Waals surface area contributed by atoms with Crippen LogP contribution >= 0.6 is 11.8 Å². The van der Waals surface area contributed by atoms with Crippen molar-refractivity contribution in [3.63, 3.8) is 0 Å². The molecule has 1 fully saturated rings. The van der Waals surface area contributed by atoms with E-state index in [0.29, 0.717) is 23.2 Å². The molecule has 2 aromatic rings. The normalized spacial score (nSPS) is 18.3. The van der Waals surface area contributed by atoms with Gasteiger partial charge in [-0.1, -0.05) is 18.2 Å². The van der Waals surface area contributed by atoms with E-state index in [2.05, 4.69) is 15.5 Å². The van der Waals surface area contributed by atoms with Gasteiger partial charge < -0.3 is 5.32 Å². The minimum atomic E-state index is -0.274. The van der Waals surface area contributed by atoms with Crippen molar-refractivity contribution in [3.8, 4) is 0 Å². The van der Waals surface area contributed by atoms with Crippen LogP contribution in [0.1, 0.15) is 16.9 Å². The second kappa shape index (κ2) is 5.66. The second-order valence-corrected chi connectivity index (χ2v) is 6.04. The van der Waals surface area contributed by atoms with Gasteiger partial charge in [-0.05, 0) is 29.9 Å². The van der Waals surface area contributed by atoms with Crippen molar-refractivity contribution in [1.29, 1.82) is 0 Å². The first kappa shape index (κ1) is 13.2. The molecule has 1 unspecified atom stereocenters. The van der Waals surface area contributed by atoms with E-state index in [0.717, 1.165) is 12.2 Å². The average Bonchev–Trinajstić information content (AvgIpc) is 2.99. The number of nitrogens with zero attached hydrogens (tertiary/aromatic N) is 1. The minimum Gasteiger partial charge on any atom is -0.350 e. The molecule has 104 valence electrons. The second-order valence-electron chi connectivity index (χ2n) is 4.89. The van der Waals surface area contributed by atoms with Gasteiger partial charge in [0, 0.05) is 11.9 Å². The molecule has 5 nitrogen and oxygen atoms in total. The van der Waals surface area contributed by atoms with Gasteiger partial charge in [0.1, 0.15) is 0 Å². The van der Waals surface area contributed by atoms with Crippen molar-refractivity contribution in [3.05, 3.63) is 40.3 Å². The topological polar surface area (TPSA) is 74.8 Å². The van der Waals surface area contributed by atoms with E-state index in [1.54, 1.807) is 24.3 Å². The van der Waals surface area contributed by atoms with Gasteiger partial charge in [0.25, 0.3) is 11.5 Å². The third-order valence-corrected chi connectivity index (χ3v) is 4.72. The molecule has 1 atom stereocenters. The number of fused-ring (bicyclic) bond motifs is 1. The number of thioether (sulfide) groups is 1. The molecule has 0 saturated carbocycles. The molecule has 1 aromatic carbocycles. The van der Waals surface area contributed by atoms with Crippen molar-refractivity contribution < 1.29 is 4.79 Å². The van der Waals surface area contributed by atoms with Crippen LogP contribution in [0.2, 0.25) is 0 Å². The number of amides is 1. The zero-order chi connectivity index (χ0) is 13.9. The molecular weight excluding hydrogens is 274 g/mol. The Morgan fingerprint density at radius 3 is 2.95 bits per heavy atom. The fourth-order valence-corrected chi connectivity index (χ4v) is 3.64. The molecule has 1 aliphatic rings. The molecule has 1 aromatic heterocycles.